The zero-order chi connectivity index (χ0) is 15.4. The number of aliphatic carboxylic acids is 1. The Morgan fingerprint density at radius 2 is 1.86 bits per heavy atom. The number of benzene rings is 2. The monoisotopic (exact) mass is 386 g/mol. The topological polar surface area (TPSA) is 46.5 Å². The van der Waals surface area contributed by atoms with Gasteiger partial charge in [-0.25, -0.2) is 4.79 Å². The summed E-state index contributed by atoms with van der Waals surface area (Å²) in [4.78, 5) is 10.6. The van der Waals surface area contributed by atoms with Gasteiger partial charge in [-0.1, -0.05) is 39.1 Å². The Labute approximate surface area is 139 Å². The molecule has 0 saturated carbocycles. The van der Waals surface area contributed by atoms with E-state index in [0.717, 1.165) is 10.5 Å². The van der Waals surface area contributed by atoms with Crippen LogP contribution in [-0.2, 0) is 4.79 Å². The summed E-state index contributed by atoms with van der Waals surface area (Å²) in [6.07, 6.45) is 2.49. The minimum absolute atomic E-state index is 0.374. The van der Waals surface area contributed by atoms with E-state index in [0.29, 0.717) is 27.1 Å². The summed E-state index contributed by atoms with van der Waals surface area (Å²) in [5, 5.41) is 9.61. The van der Waals surface area contributed by atoms with Crippen LogP contribution >= 0.6 is 39.1 Å². The second kappa shape index (κ2) is 6.98. The minimum Gasteiger partial charge on any atom is -0.478 e. The number of carboxylic acid groups (broad SMARTS) is 1. The van der Waals surface area contributed by atoms with Crippen molar-refractivity contribution in [3.8, 4) is 11.5 Å². The summed E-state index contributed by atoms with van der Waals surface area (Å²) in [5.41, 5.74) is 0.609. The highest BCUT2D eigenvalue weighted by Crippen LogP contribution is 2.34. The van der Waals surface area contributed by atoms with Crippen LogP contribution in [0.5, 0.6) is 11.5 Å². The molecule has 0 bridgehead atoms. The van der Waals surface area contributed by atoms with Crippen molar-refractivity contribution in [2.45, 2.75) is 0 Å². The Bertz CT molecular complexity index is 714. The quantitative estimate of drug-likeness (QED) is 0.690. The number of halogens is 3. The summed E-state index contributed by atoms with van der Waals surface area (Å²) < 4.78 is 6.53. The molecule has 0 heterocycles. The summed E-state index contributed by atoms with van der Waals surface area (Å²) in [6.45, 7) is 0. The first-order chi connectivity index (χ1) is 9.95. The number of ether oxygens (including phenoxy) is 1. The van der Waals surface area contributed by atoms with E-state index in [1.54, 1.807) is 36.4 Å². The van der Waals surface area contributed by atoms with E-state index in [1.807, 2.05) is 0 Å². The molecule has 2 aromatic rings. The number of hydrogen-bond acceptors (Lipinski definition) is 2. The third-order valence-electron chi connectivity index (χ3n) is 2.49. The van der Waals surface area contributed by atoms with Gasteiger partial charge in [-0.3, -0.25) is 0 Å². The second-order valence-corrected chi connectivity index (χ2v) is 5.79. The average molecular weight is 388 g/mol. The minimum atomic E-state index is -1.04. The van der Waals surface area contributed by atoms with Gasteiger partial charge in [0.25, 0.3) is 0 Å². The first-order valence-corrected chi connectivity index (χ1v) is 7.34. The largest absolute Gasteiger partial charge is 0.478 e. The van der Waals surface area contributed by atoms with Crippen LogP contribution in [0, 0.1) is 0 Å². The van der Waals surface area contributed by atoms with E-state index >= 15 is 0 Å². The predicted octanol–water partition coefficient (Wildman–Crippen LogP) is 5.65. The van der Waals surface area contributed by atoms with Crippen molar-refractivity contribution in [3.63, 3.8) is 0 Å². The summed E-state index contributed by atoms with van der Waals surface area (Å²) in [5.74, 6) is -0.112. The van der Waals surface area contributed by atoms with Crippen molar-refractivity contribution < 1.29 is 14.6 Å². The van der Waals surface area contributed by atoms with Crippen LogP contribution < -0.4 is 4.74 Å². The first kappa shape index (κ1) is 15.9. The molecule has 0 fully saturated rings. The molecule has 1 N–H and O–H groups in total. The summed E-state index contributed by atoms with van der Waals surface area (Å²) in [6, 6.07) is 10.1. The van der Waals surface area contributed by atoms with Gasteiger partial charge in [-0.15, -0.1) is 0 Å². The molecule has 0 amide bonds. The lowest BCUT2D eigenvalue weighted by molar-refractivity contribution is -0.131. The molecule has 108 valence electrons. The van der Waals surface area contributed by atoms with Crippen LogP contribution in [0.15, 0.2) is 46.9 Å². The molecule has 0 unspecified atom stereocenters. The number of carbonyl (C=O) groups is 1. The molecule has 2 rings (SSSR count). The molecule has 0 saturated heterocycles. The third kappa shape index (κ3) is 4.49. The molecule has 0 aliphatic carbocycles. The van der Waals surface area contributed by atoms with Crippen LogP contribution in [-0.4, -0.2) is 11.1 Å². The first-order valence-electron chi connectivity index (χ1n) is 5.79. The molecule has 0 aliphatic heterocycles. The van der Waals surface area contributed by atoms with E-state index in [9.17, 15) is 4.79 Å². The molecule has 0 spiro atoms. The van der Waals surface area contributed by atoms with E-state index in [-0.39, 0.29) is 0 Å². The van der Waals surface area contributed by atoms with Gasteiger partial charge in [0.15, 0.2) is 0 Å². The third-order valence-corrected chi connectivity index (χ3v) is 3.51. The lowest BCUT2D eigenvalue weighted by Gasteiger charge is -2.11. The van der Waals surface area contributed by atoms with Gasteiger partial charge in [-0.05, 0) is 42.5 Å². The van der Waals surface area contributed by atoms with Gasteiger partial charge < -0.3 is 9.84 Å². The lowest BCUT2D eigenvalue weighted by Crippen LogP contribution is -1.90. The van der Waals surface area contributed by atoms with E-state index in [2.05, 4.69) is 15.9 Å². The molecule has 0 aliphatic rings. The van der Waals surface area contributed by atoms with E-state index in [4.69, 9.17) is 33.0 Å². The van der Waals surface area contributed by atoms with Crippen LogP contribution in [0.2, 0.25) is 10.0 Å². The fourth-order valence-corrected chi connectivity index (χ4v) is 2.41. The van der Waals surface area contributed by atoms with Gasteiger partial charge in [-0.2, -0.15) is 0 Å². The number of rotatable bonds is 4. The highest BCUT2D eigenvalue weighted by molar-refractivity contribution is 9.10. The van der Waals surface area contributed by atoms with Crippen molar-refractivity contribution in [1.29, 1.82) is 0 Å². The predicted molar refractivity (Wildman–Crippen MR) is 87.3 cm³/mol. The average Bonchev–Trinajstić information content (AvgIpc) is 2.41. The fraction of sp³-hybridized carbons (Fsp3) is 0. The van der Waals surface area contributed by atoms with Crippen LogP contribution in [0.4, 0.5) is 0 Å². The SMILES string of the molecule is O=C(O)/C=C/c1cc(Br)ccc1Oc1ccc(Cl)cc1Cl. The summed E-state index contributed by atoms with van der Waals surface area (Å²) in [7, 11) is 0. The number of carboxylic acids is 1. The van der Waals surface area contributed by atoms with Gasteiger partial charge >= 0.3 is 5.97 Å². The molecule has 6 heteroatoms. The zero-order valence-corrected chi connectivity index (χ0v) is 13.6. The maximum absolute atomic E-state index is 10.6. The fourth-order valence-electron chi connectivity index (χ4n) is 1.58. The lowest BCUT2D eigenvalue weighted by atomic mass is 10.2. The van der Waals surface area contributed by atoms with Crippen molar-refractivity contribution >= 4 is 51.2 Å². The van der Waals surface area contributed by atoms with E-state index < -0.39 is 5.97 Å². The molecular formula is C15H9BrCl2O3. The van der Waals surface area contributed by atoms with Gasteiger partial charge in [0.1, 0.15) is 11.5 Å². The molecule has 3 nitrogen and oxygen atoms in total. The highest BCUT2D eigenvalue weighted by Gasteiger charge is 2.08. The molecule has 2 aromatic carbocycles. The van der Waals surface area contributed by atoms with Crippen molar-refractivity contribution in [3.05, 3.63) is 62.6 Å². The molecule has 0 atom stereocenters. The maximum Gasteiger partial charge on any atom is 0.328 e. The van der Waals surface area contributed by atoms with E-state index in [1.165, 1.54) is 6.08 Å². The summed E-state index contributed by atoms with van der Waals surface area (Å²) >= 11 is 15.2. The number of hydrogen-bond donors (Lipinski definition) is 1. The Balaban J connectivity index is 2.37. The smallest absolute Gasteiger partial charge is 0.328 e. The van der Waals surface area contributed by atoms with Crippen molar-refractivity contribution in [2.75, 3.05) is 0 Å². The van der Waals surface area contributed by atoms with Gasteiger partial charge in [0.2, 0.25) is 0 Å². The molecule has 0 aromatic heterocycles. The molecule has 21 heavy (non-hydrogen) atoms. The molecular weight excluding hydrogens is 379 g/mol. The second-order valence-electron chi connectivity index (χ2n) is 4.03. The van der Waals surface area contributed by atoms with Crippen LogP contribution in [0.3, 0.4) is 0 Å². The van der Waals surface area contributed by atoms with Gasteiger partial charge in [0, 0.05) is 21.1 Å². The Hall–Kier alpha value is -1.49. The van der Waals surface area contributed by atoms with Crippen molar-refractivity contribution in [1.82, 2.24) is 0 Å². The van der Waals surface area contributed by atoms with Crippen LogP contribution in [0.1, 0.15) is 5.56 Å². The highest BCUT2D eigenvalue weighted by atomic mass is 79.9. The Morgan fingerprint density at radius 1 is 1.14 bits per heavy atom. The van der Waals surface area contributed by atoms with Gasteiger partial charge in [0.05, 0.1) is 5.02 Å². The Morgan fingerprint density at radius 3 is 2.52 bits per heavy atom. The Kier molecular flexibility index (Phi) is 5.28. The normalized spacial score (nSPS) is 10.8. The van der Waals surface area contributed by atoms with Crippen LogP contribution in [0.25, 0.3) is 6.08 Å². The standard InChI is InChI=1S/C15H9BrCl2O3/c16-10-2-4-13(9(7-10)1-6-15(19)20)21-14-5-3-11(17)8-12(14)18/h1-8H,(H,19,20)/b6-1+. The van der Waals surface area contributed by atoms with Crippen molar-refractivity contribution in [2.24, 2.45) is 0 Å². The molecule has 0 radical (unpaired) electrons. The zero-order valence-electron chi connectivity index (χ0n) is 10.5. The maximum atomic E-state index is 10.6.